The molecule has 0 atom stereocenters. The van der Waals surface area contributed by atoms with Crippen LogP contribution in [-0.2, 0) is 10.0 Å². The standard InChI is InChI=1S/C19H15ClFN3O3S/c20-14-9-12(5-8-17(14)27-13-6-7-13)16-10-19(23-11-22-16)24-28(25,26)18-4-2-1-3-15(18)21/h1-5,8-11,13H,6-7H2,(H,22,23,24). The molecule has 1 heterocycles. The van der Waals surface area contributed by atoms with Crippen molar-refractivity contribution < 1.29 is 17.5 Å². The first kappa shape index (κ1) is 18.6. The van der Waals surface area contributed by atoms with Crippen molar-refractivity contribution in [2.24, 2.45) is 0 Å². The molecule has 0 aliphatic heterocycles. The van der Waals surface area contributed by atoms with E-state index in [4.69, 9.17) is 16.3 Å². The van der Waals surface area contributed by atoms with Gasteiger partial charge in [-0.3, -0.25) is 4.72 Å². The van der Waals surface area contributed by atoms with E-state index >= 15 is 0 Å². The van der Waals surface area contributed by atoms with Crippen molar-refractivity contribution >= 4 is 27.4 Å². The molecular weight excluding hydrogens is 405 g/mol. The van der Waals surface area contributed by atoms with Crippen LogP contribution < -0.4 is 9.46 Å². The Labute approximate surface area is 166 Å². The molecule has 1 N–H and O–H groups in total. The Morgan fingerprint density at radius 2 is 1.89 bits per heavy atom. The molecule has 2 aromatic carbocycles. The average Bonchev–Trinajstić information content (AvgIpc) is 3.47. The Morgan fingerprint density at radius 1 is 1.11 bits per heavy atom. The lowest BCUT2D eigenvalue weighted by molar-refractivity contribution is 0.303. The molecule has 0 spiro atoms. The summed E-state index contributed by atoms with van der Waals surface area (Å²) in [7, 11) is -4.13. The fourth-order valence-corrected chi connectivity index (χ4v) is 3.85. The van der Waals surface area contributed by atoms with Gasteiger partial charge >= 0.3 is 0 Å². The molecule has 6 nitrogen and oxygen atoms in total. The molecule has 0 amide bonds. The maximum atomic E-state index is 13.8. The van der Waals surface area contributed by atoms with E-state index in [2.05, 4.69) is 14.7 Å². The van der Waals surface area contributed by atoms with Gasteiger partial charge < -0.3 is 4.74 Å². The lowest BCUT2D eigenvalue weighted by Crippen LogP contribution is -2.15. The van der Waals surface area contributed by atoms with E-state index < -0.39 is 20.7 Å². The van der Waals surface area contributed by atoms with Crippen LogP contribution in [0.5, 0.6) is 5.75 Å². The summed E-state index contributed by atoms with van der Waals surface area (Å²) in [5.74, 6) is -0.229. The van der Waals surface area contributed by atoms with Crippen molar-refractivity contribution in [2.45, 2.75) is 23.8 Å². The zero-order valence-electron chi connectivity index (χ0n) is 14.5. The van der Waals surface area contributed by atoms with E-state index in [-0.39, 0.29) is 11.9 Å². The number of rotatable bonds is 6. The molecule has 4 rings (SSSR count). The second-order valence-electron chi connectivity index (χ2n) is 6.29. The highest BCUT2D eigenvalue weighted by atomic mass is 35.5. The highest BCUT2D eigenvalue weighted by Crippen LogP contribution is 2.34. The number of sulfonamides is 1. The van der Waals surface area contributed by atoms with Crippen molar-refractivity contribution in [3.63, 3.8) is 0 Å². The number of hydrogen-bond donors (Lipinski definition) is 1. The predicted octanol–water partition coefficient (Wildman–Crippen LogP) is 4.28. The molecule has 1 aliphatic carbocycles. The number of ether oxygens (including phenoxy) is 1. The third-order valence-corrected chi connectivity index (χ3v) is 5.76. The van der Waals surface area contributed by atoms with Crippen LogP contribution >= 0.6 is 11.6 Å². The fraction of sp³-hybridized carbons (Fsp3) is 0.158. The zero-order valence-corrected chi connectivity index (χ0v) is 16.0. The van der Waals surface area contributed by atoms with E-state index in [1.54, 1.807) is 18.2 Å². The first-order valence-corrected chi connectivity index (χ1v) is 10.3. The molecule has 0 bridgehead atoms. The molecule has 0 radical (unpaired) electrons. The zero-order chi connectivity index (χ0) is 19.7. The monoisotopic (exact) mass is 419 g/mol. The Balaban J connectivity index is 1.59. The number of benzene rings is 2. The second kappa shape index (κ2) is 7.37. The van der Waals surface area contributed by atoms with Crippen LogP contribution in [0, 0.1) is 5.82 Å². The van der Waals surface area contributed by atoms with E-state index in [0.717, 1.165) is 18.9 Å². The first-order valence-electron chi connectivity index (χ1n) is 8.48. The summed E-state index contributed by atoms with van der Waals surface area (Å²) in [5, 5.41) is 0.441. The Kier molecular flexibility index (Phi) is 4.91. The molecule has 0 saturated heterocycles. The van der Waals surface area contributed by atoms with Crippen molar-refractivity contribution in [1.29, 1.82) is 0 Å². The van der Waals surface area contributed by atoms with Crippen molar-refractivity contribution in [3.8, 4) is 17.0 Å². The van der Waals surface area contributed by atoms with Gasteiger partial charge in [0.05, 0.1) is 16.8 Å². The van der Waals surface area contributed by atoms with Gasteiger partial charge in [-0.15, -0.1) is 0 Å². The van der Waals surface area contributed by atoms with E-state index in [1.807, 2.05) is 0 Å². The van der Waals surface area contributed by atoms with Gasteiger partial charge in [-0.2, -0.15) is 0 Å². The van der Waals surface area contributed by atoms with Crippen LogP contribution in [0.25, 0.3) is 11.3 Å². The molecule has 0 unspecified atom stereocenters. The Hall–Kier alpha value is -2.71. The summed E-state index contributed by atoms with van der Waals surface area (Å²) in [5.41, 5.74) is 1.13. The number of halogens is 2. The SMILES string of the molecule is O=S(=O)(Nc1cc(-c2ccc(OC3CC3)c(Cl)c2)ncn1)c1ccccc1F. The largest absolute Gasteiger partial charge is 0.489 e. The highest BCUT2D eigenvalue weighted by Gasteiger charge is 2.24. The van der Waals surface area contributed by atoms with Gasteiger partial charge in [-0.05, 0) is 43.2 Å². The highest BCUT2D eigenvalue weighted by molar-refractivity contribution is 7.92. The molecule has 144 valence electrons. The van der Waals surface area contributed by atoms with Crippen LogP contribution in [0.1, 0.15) is 12.8 Å². The molecule has 9 heteroatoms. The van der Waals surface area contributed by atoms with Crippen molar-refractivity contribution in [3.05, 3.63) is 65.7 Å². The smallest absolute Gasteiger partial charge is 0.265 e. The summed E-state index contributed by atoms with van der Waals surface area (Å²) in [6, 6.07) is 11.8. The van der Waals surface area contributed by atoms with Gasteiger partial charge in [0.15, 0.2) is 0 Å². The van der Waals surface area contributed by atoms with Crippen LogP contribution in [0.15, 0.2) is 59.8 Å². The van der Waals surface area contributed by atoms with E-state index in [0.29, 0.717) is 22.0 Å². The predicted molar refractivity (Wildman–Crippen MR) is 103 cm³/mol. The summed E-state index contributed by atoms with van der Waals surface area (Å²) in [4.78, 5) is 7.61. The minimum atomic E-state index is -4.13. The maximum Gasteiger partial charge on any atom is 0.265 e. The first-order chi connectivity index (χ1) is 13.4. The van der Waals surface area contributed by atoms with Crippen molar-refractivity contribution in [2.75, 3.05) is 4.72 Å². The normalized spacial score (nSPS) is 13.9. The van der Waals surface area contributed by atoms with Crippen LogP contribution in [0.4, 0.5) is 10.2 Å². The van der Waals surface area contributed by atoms with Crippen LogP contribution in [-0.4, -0.2) is 24.5 Å². The summed E-state index contributed by atoms with van der Waals surface area (Å²) in [6.07, 6.45) is 3.49. The molecule has 1 aromatic heterocycles. The molecule has 28 heavy (non-hydrogen) atoms. The van der Waals surface area contributed by atoms with Crippen LogP contribution in [0.3, 0.4) is 0 Å². The van der Waals surface area contributed by atoms with Gasteiger partial charge in [0.1, 0.15) is 28.6 Å². The second-order valence-corrected chi connectivity index (χ2v) is 8.34. The maximum absolute atomic E-state index is 13.8. The molecule has 1 fully saturated rings. The summed E-state index contributed by atoms with van der Waals surface area (Å²) < 4.78 is 46.7. The van der Waals surface area contributed by atoms with Crippen molar-refractivity contribution in [1.82, 2.24) is 9.97 Å². The molecular formula is C19H15ClFN3O3S. The third-order valence-electron chi connectivity index (χ3n) is 4.08. The number of nitrogens with one attached hydrogen (secondary N) is 1. The Morgan fingerprint density at radius 3 is 2.61 bits per heavy atom. The number of nitrogens with zero attached hydrogens (tertiary/aromatic N) is 2. The summed E-state index contributed by atoms with van der Waals surface area (Å²) >= 11 is 6.27. The third kappa shape index (κ3) is 4.07. The molecule has 3 aromatic rings. The van der Waals surface area contributed by atoms with Gasteiger partial charge in [0.2, 0.25) is 0 Å². The Bertz CT molecular complexity index is 1140. The van der Waals surface area contributed by atoms with Crippen LogP contribution in [0.2, 0.25) is 5.02 Å². The quantitative estimate of drug-likeness (QED) is 0.645. The van der Waals surface area contributed by atoms with E-state index in [9.17, 15) is 12.8 Å². The number of aromatic nitrogens is 2. The van der Waals surface area contributed by atoms with E-state index in [1.165, 1.54) is 30.6 Å². The van der Waals surface area contributed by atoms with Gasteiger partial charge in [0.25, 0.3) is 10.0 Å². The minimum Gasteiger partial charge on any atom is -0.489 e. The average molecular weight is 420 g/mol. The summed E-state index contributed by atoms with van der Waals surface area (Å²) in [6.45, 7) is 0. The lowest BCUT2D eigenvalue weighted by Gasteiger charge is -2.10. The topological polar surface area (TPSA) is 81.2 Å². The number of anilines is 1. The fourth-order valence-electron chi connectivity index (χ4n) is 2.55. The minimum absolute atomic E-state index is 0.0164. The number of hydrogen-bond acceptors (Lipinski definition) is 5. The molecule has 1 saturated carbocycles. The van der Waals surface area contributed by atoms with Gasteiger partial charge in [-0.25, -0.2) is 22.8 Å². The lowest BCUT2D eigenvalue weighted by atomic mass is 10.1. The van der Waals surface area contributed by atoms with Gasteiger partial charge in [-0.1, -0.05) is 23.7 Å². The molecule has 1 aliphatic rings. The van der Waals surface area contributed by atoms with Gasteiger partial charge in [0, 0.05) is 11.6 Å².